The average molecular weight is 236 g/mol. The molecule has 1 atom stereocenters. The fourth-order valence-corrected chi connectivity index (χ4v) is 1.96. The first kappa shape index (κ1) is 12.4. The molecular weight excluding hydrogens is 223 g/mol. The summed E-state index contributed by atoms with van der Waals surface area (Å²) in [5.74, 6) is -0.478. The molecule has 0 bridgehead atoms. The second kappa shape index (κ2) is 4.90. The minimum atomic E-state index is -4.50. The van der Waals surface area contributed by atoms with Gasteiger partial charge in [0.25, 0.3) is 0 Å². The largest absolute Gasteiger partial charge is 0.470 e. The van der Waals surface area contributed by atoms with Crippen LogP contribution in [0.2, 0.25) is 0 Å². The zero-order valence-electron chi connectivity index (χ0n) is 8.25. The fraction of sp³-hybridized carbons (Fsp3) is 0.625. The summed E-state index contributed by atoms with van der Waals surface area (Å²) < 4.78 is 19.6. The van der Waals surface area contributed by atoms with E-state index in [9.17, 15) is 9.36 Å². The van der Waals surface area contributed by atoms with E-state index in [-0.39, 0.29) is 0 Å². The van der Waals surface area contributed by atoms with Crippen LogP contribution < -0.4 is 0 Å². The minimum absolute atomic E-state index is 0.405. The Hall–Kier alpha value is -0.680. The van der Waals surface area contributed by atoms with Crippen LogP contribution in [0.3, 0.4) is 0 Å². The topological polar surface area (TPSA) is 93.1 Å². The quantitative estimate of drug-likeness (QED) is 0.554. The number of hydrogen-bond donors (Lipinski definition) is 2. The van der Waals surface area contributed by atoms with E-state index in [1.54, 1.807) is 0 Å². The lowest BCUT2D eigenvalue weighted by molar-refractivity contribution is -0.136. The van der Waals surface area contributed by atoms with Crippen LogP contribution in [-0.4, -0.2) is 29.0 Å². The maximum Gasteiger partial charge on any atom is 0.470 e. The molecular formula is C8H13O6P. The lowest BCUT2D eigenvalue weighted by Gasteiger charge is -2.20. The molecule has 86 valence electrons. The van der Waals surface area contributed by atoms with Gasteiger partial charge in [0.15, 0.2) is 0 Å². The summed E-state index contributed by atoms with van der Waals surface area (Å²) in [6.45, 7) is 0. The van der Waals surface area contributed by atoms with Crippen molar-refractivity contribution in [2.75, 3.05) is 7.11 Å². The number of phosphoric acid groups is 1. The Morgan fingerprint density at radius 1 is 1.60 bits per heavy atom. The number of phosphoric ester groups is 1. The molecule has 2 N–H and O–H groups in total. The summed E-state index contributed by atoms with van der Waals surface area (Å²) in [5, 5.41) is 0. The molecule has 0 saturated heterocycles. The molecule has 1 unspecified atom stereocenters. The minimum Gasteiger partial charge on any atom is -0.466 e. The summed E-state index contributed by atoms with van der Waals surface area (Å²) in [5.41, 5.74) is 0.405. The van der Waals surface area contributed by atoms with Gasteiger partial charge >= 0.3 is 13.8 Å². The van der Waals surface area contributed by atoms with Gasteiger partial charge in [-0.1, -0.05) is 0 Å². The van der Waals surface area contributed by atoms with E-state index in [4.69, 9.17) is 9.79 Å². The van der Waals surface area contributed by atoms with Crippen molar-refractivity contribution >= 4 is 13.8 Å². The molecule has 0 fully saturated rings. The van der Waals surface area contributed by atoms with Crippen molar-refractivity contribution in [2.24, 2.45) is 0 Å². The van der Waals surface area contributed by atoms with Crippen LogP contribution in [0, 0.1) is 0 Å². The summed E-state index contributed by atoms with van der Waals surface area (Å²) in [7, 11) is -3.24. The molecule has 0 radical (unpaired) electrons. The van der Waals surface area contributed by atoms with Gasteiger partial charge in [0.05, 0.1) is 13.2 Å². The predicted molar refractivity (Wildman–Crippen MR) is 50.9 cm³/mol. The van der Waals surface area contributed by atoms with Crippen LogP contribution in [-0.2, 0) is 18.6 Å². The zero-order valence-corrected chi connectivity index (χ0v) is 9.15. The van der Waals surface area contributed by atoms with E-state index in [0.717, 1.165) is 0 Å². The molecule has 0 amide bonds. The Kier molecular flexibility index (Phi) is 4.04. The van der Waals surface area contributed by atoms with Crippen LogP contribution in [0.5, 0.6) is 0 Å². The van der Waals surface area contributed by atoms with Gasteiger partial charge in [0, 0.05) is 5.57 Å². The van der Waals surface area contributed by atoms with Gasteiger partial charge in [-0.05, 0) is 25.3 Å². The lowest BCUT2D eigenvalue weighted by Crippen LogP contribution is -2.17. The maximum atomic E-state index is 11.1. The number of hydrogen-bond acceptors (Lipinski definition) is 4. The van der Waals surface area contributed by atoms with Gasteiger partial charge < -0.3 is 14.5 Å². The molecule has 0 aliphatic heterocycles. The van der Waals surface area contributed by atoms with E-state index in [2.05, 4.69) is 9.26 Å². The molecule has 15 heavy (non-hydrogen) atoms. The number of esters is 1. The lowest BCUT2D eigenvalue weighted by atomic mass is 9.98. The summed E-state index contributed by atoms with van der Waals surface area (Å²) in [4.78, 5) is 28.3. The maximum absolute atomic E-state index is 11.1. The van der Waals surface area contributed by atoms with Crippen molar-refractivity contribution in [1.82, 2.24) is 0 Å². The highest BCUT2D eigenvalue weighted by Gasteiger charge is 2.25. The van der Waals surface area contributed by atoms with Crippen LogP contribution >= 0.6 is 7.82 Å². The third-order valence-electron chi connectivity index (χ3n) is 2.04. The number of rotatable bonds is 3. The SMILES string of the molecule is COC(=O)C1=CC(OP(=O)(O)O)CCC1. The monoisotopic (exact) mass is 236 g/mol. The normalized spacial score (nSPS) is 22.1. The number of ether oxygens (including phenoxy) is 1. The highest BCUT2D eigenvalue weighted by molar-refractivity contribution is 7.46. The first-order valence-corrected chi connectivity index (χ1v) is 5.98. The van der Waals surface area contributed by atoms with Crippen LogP contribution in [0.1, 0.15) is 19.3 Å². The number of carbonyl (C=O) groups is 1. The first-order valence-electron chi connectivity index (χ1n) is 4.45. The van der Waals surface area contributed by atoms with Crippen molar-refractivity contribution in [3.63, 3.8) is 0 Å². The smallest absolute Gasteiger partial charge is 0.466 e. The highest BCUT2D eigenvalue weighted by atomic mass is 31.2. The summed E-state index contributed by atoms with van der Waals surface area (Å²) in [6.07, 6.45) is 2.38. The summed E-state index contributed by atoms with van der Waals surface area (Å²) >= 11 is 0. The van der Waals surface area contributed by atoms with Crippen molar-refractivity contribution < 1.29 is 28.4 Å². The Morgan fingerprint density at radius 3 is 2.80 bits per heavy atom. The standard InChI is InChI=1S/C8H13O6P/c1-13-8(9)6-3-2-4-7(5-6)14-15(10,11)12/h5,7H,2-4H2,1H3,(H2,10,11,12). The molecule has 0 heterocycles. The predicted octanol–water partition coefficient (Wildman–Crippen LogP) is 0.748. The van der Waals surface area contributed by atoms with Crippen molar-refractivity contribution in [1.29, 1.82) is 0 Å². The zero-order chi connectivity index (χ0) is 11.5. The highest BCUT2D eigenvalue weighted by Crippen LogP contribution is 2.40. The molecule has 1 aliphatic rings. The third-order valence-corrected chi connectivity index (χ3v) is 2.59. The van der Waals surface area contributed by atoms with E-state index in [1.165, 1.54) is 13.2 Å². The molecule has 0 saturated carbocycles. The van der Waals surface area contributed by atoms with E-state index >= 15 is 0 Å². The molecule has 1 aliphatic carbocycles. The van der Waals surface area contributed by atoms with Crippen molar-refractivity contribution in [2.45, 2.75) is 25.4 Å². The van der Waals surface area contributed by atoms with E-state index in [1.807, 2.05) is 0 Å². The van der Waals surface area contributed by atoms with Gasteiger partial charge in [0.1, 0.15) is 0 Å². The number of methoxy groups -OCH3 is 1. The second-order valence-corrected chi connectivity index (χ2v) is 4.40. The van der Waals surface area contributed by atoms with Crippen LogP contribution in [0.15, 0.2) is 11.6 Å². The first-order chi connectivity index (χ1) is 6.92. The van der Waals surface area contributed by atoms with E-state index in [0.29, 0.717) is 24.8 Å². The molecule has 7 heteroatoms. The molecule has 0 aromatic carbocycles. The van der Waals surface area contributed by atoms with Gasteiger partial charge in [-0.25, -0.2) is 9.36 Å². The van der Waals surface area contributed by atoms with Gasteiger partial charge in [-0.2, -0.15) is 0 Å². The Morgan fingerprint density at radius 2 is 2.27 bits per heavy atom. The second-order valence-electron chi connectivity index (χ2n) is 3.21. The molecule has 0 aromatic rings. The van der Waals surface area contributed by atoms with Crippen LogP contribution in [0.25, 0.3) is 0 Å². The van der Waals surface area contributed by atoms with Crippen molar-refractivity contribution in [3.8, 4) is 0 Å². The van der Waals surface area contributed by atoms with Crippen LogP contribution in [0.4, 0.5) is 0 Å². The van der Waals surface area contributed by atoms with E-state index < -0.39 is 19.9 Å². The van der Waals surface area contributed by atoms with Crippen molar-refractivity contribution in [3.05, 3.63) is 11.6 Å². The molecule has 0 spiro atoms. The molecule has 0 aromatic heterocycles. The molecule has 6 nitrogen and oxygen atoms in total. The number of carbonyl (C=O) groups excluding carboxylic acids is 1. The average Bonchev–Trinajstić information content (AvgIpc) is 2.14. The summed E-state index contributed by atoms with van der Waals surface area (Å²) in [6, 6.07) is 0. The van der Waals surface area contributed by atoms with Gasteiger partial charge in [0.2, 0.25) is 0 Å². The van der Waals surface area contributed by atoms with Gasteiger partial charge in [-0.3, -0.25) is 4.52 Å². The third kappa shape index (κ3) is 4.13. The Bertz CT molecular complexity index is 317. The Balaban J connectivity index is 2.69. The van der Waals surface area contributed by atoms with Gasteiger partial charge in [-0.15, -0.1) is 0 Å². The Labute approximate surface area is 87.1 Å². The fourth-order valence-electron chi connectivity index (χ4n) is 1.45. The molecule has 1 rings (SSSR count).